The highest BCUT2D eigenvalue weighted by Crippen LogP contribution is 2.31. The van der Waals surface area contributed by atoms with Gasteiger partial charge in [0.2, 0.25) is 0 Å². The van der Waals surface area contributed by atoms with Crippen molar-refractivity contribution in [1.82, 2.24) is 14.3 Å². The second-order valence-corrected chi connectivity index (χ2v) is 8.28. The molecule has 0 saturated carbocycles. The highest BCUT2D eigenvalue weighted by atomic mass is 16.5. The zero-order chi connectivity index (χ0) is 23.5. The third kappa shape index (κ3) is 4.25. The average Bonchev–Trinajstić information content (AvgIpc) is 3.26. The fourth-order valence-corrected chi connectivity index (χ4v) is 4.40. The number of nitrogens with two attached hydrogens (primary N) is 1. The number of piperazine rings is 1. The molecule has 5 rings (SSSR count). The van der Waals surface area contributed by atoms with E-state index in [0.717, 1.165) is 55.4 Å². The SMILES string of the molecule is C=CCN1CCN(c2cccn3c(C(N)=O)c(-c4ccc(Oc5ccccc5)cc4)nc23)CC1. The van der Waals surface area contributed by atoms with Crippen LogP contribution in [0.15, 0.2) is 85.6 Å². The van der Waals surface area contributed by atoms with E-state index in [1.165, 1.54) is 0 Å². The molecule has 0 spiro atoms. The summed E-state index contributed by atoms with van der Waals surface area (Å²) >= 11 is 0. The topological polar surface area (TPSA) is 76.1 Å². The van der Waals surface area contributed by atoms with Crippen molar-refractivity contribution >= 4 is 17.2 Å². The molecule has 2 N–H and O–H groups in total. The van der Waals surface area contributed by atoms with E-state index in [1.54, 1.807) is 4.40 Å². The van der Waals surface area contributed by atoms with Crippen LogP contribution in [0.3, 0.4) is 0 Å². The Bertz CT molecular complexity index is 1310. The van der Waals surface area contributed by atoms with Crippen LogP contribution < -0.4 is 15.4 Å². The summed E-state index contributed by atoms with van der Waals surface area (Å²) in [6.07, 6.45) is 3.78. The van der Waals surface area contributed by atoms with Gasteiger partial charge in [-0.05, 0) is 48.5 Å². The lowest BCUT2D eigenvalue weighted by Gasteiger charge is -2.35. The van der Waals surface area contributed by atoms with E-state index in [-0.39, 0.29) is 0 Å². The summed E-state index contributed by atoms with van der Waals surface area (Å²) in [5.74, 6) is 0.955. The van der Waals surface area contributed by atoms with Gasteiger partial charge < -0.3 is 15.4 Å². The van der Waals surface area contributed by atoms with E-state index >= 15 is 0 Å². The molecule has 2 aromatic carbocycles. The summed E-state index contributed by atoms with van der Waals surface area (Å²) in [5, 5.41) is 0. The first kappa shape index (κ1) is 21.7. The summed E-state index contributed by atoms with van der Waals surface area (Å²) in [6, 6.07) is 21.1. The first-order valence-electron chi connectivity index (χ1n) is 11.4. The Hall–Kier alpha value is -4.10. The smallest absolute Gasteiger partial charge is 0.268 e. The van der Waals surface area contributed by atoms with E-state index in [9.17, 15) is 4.79 Å². The molecule has 0 atom stereocenters. The quantitative estimate of drug-likeness (QED) is 0.425. The van der Waals surface area contributed by atoms with Gasteiger partial charge in [-0.2, -0.15) is 0 Å². The Kier molecular flexibility index (Phi) is 6.01. The van der Waals surface area contributed by atoms with Gasteiger partial charge in [0, 0.05) is 44.5 Å². The zero-order valence-corrected chi connectivity index (χ0v) is 18.9. The molecule has 0 aliphatic carbocycles. The number of hydrogen-bond acceptors (Lipinski definition) is 5. The van der Waals surface area contributed by atoms with Gasteiger partial charge in [-0.3, -0.25) is 14.1 Å². The number of imidazole rings is 1. The summed E-state index contributed by atoms with van der Waals surface area (Å²) in [7, 11) is 0. The highest BCUT2D eigenvalue weighted by molar-refractivity contribution is 5.99. The molecule has 7 heteroatoms. The van der Waals surface area contributed by atoms with Crippen LogP contribution in [0.4, 0.5) is 5.69 Å². The molecule has 0 unspecified atom stereocenters. The van der Waals surface area contributed by atoms with Crippen molar-refractivity contribution in [2.24, 2.45) is 5.73 Å². The number of fused-ring (bicyclic) bond motifs is 1. The number of aromatic nitrogens is 2. The first-order chi connectivity index (χ1) is 16.6. The molecular formula is C27H27N5O2. The number of primary amides is 1. The van der Waals surface area contributed by atoms with Crippen molar-refractivity contribution in [3.63, 3.8) is 0 Å². The number of hydrogen-bond donors (Lipinski definition) is 1. The molecule has 1 aliphatic heterocycles. The Morgan fingerprint density at radius 3 is 2.35 bits per heavy atom. The highest BCUT2D eigenvalue weighted by Gasteiger charge is 2.24. The third-order valence-electron chi connectivity index (χ3n) is 6.07. The predicted molar refractivity (Wildman–Crippen MR) is 135 cm³/mol. The second kappa shape index (κ2) is 9.41. The minimum absolute atomic E-state index is 0.374. The lowest BCUT2D eigenvalue weighted by atomic mass is 10.1. The monoisotopic (exact) mass is 453 g/mol. The van der Waals surface area contributed by atoms with Crippen LogP contribution in [0.5, 0.6) is 11.5 Å². The summed E-state index contributed by atoms with van der Waals surface area (Å²) in [4.78, 5) is 22.1. The maximum atomic E-state index is 12.5. The Morgan fingerprint density at radius 1 is 0.971 bits per heavy atom. The molecule has 0 radical (unpaired) electrons. The molecule has 1 aliphatic rings. The van der Waals surface area contributed by atoms with E-state index in [0.29, 0.717) is 17.1 Å². The second-order valence-electron chi connectivity index (χ2n) is 8.28. The van der Waals surface area contributed by atoms with Crippen molar-refractivity contribution < 1.29 is 9.53 Å². The number of carbonyl (C=O) groups is 1. The Morgan fingerprint density at radius 2 is 1.68 bits per heavy atom. The minimum atomic E-state index is -0.514. The van der Waals surface area contributed by atoms with Crippen LogP contribution in [0, 0.1) is 0 Å². The maximum Gasteiger partial charge on any atom is 0.268 e. The van der Waals surface area contributed by atoms with Crippen LogP contribution in [0.25, 0.3) is 16.9 Å². The maximum absolute atomic E-state index is 12.5. The molecule has 2 aromatic heterocycles. The molecule has 4 aromatic rings. The zero-order valence-electron chi connectivity index (χ0n) is 18.9. The van der Waals surface area contributed by atoms with Crippen molar-refractivity contribution in [2.45, 2.75) is 0 Å². The minimum Gasteiger partial charge on any atom is -0.457 e. The lowest BCUT2D eigenvalue weighted by molar-refractivity contribution is 0.0995. The van der Waals surface area contributed by atoms with Crippen molar-refractivity contribution in [1.29, 1.82) is 0 Å². The van der Waals surface area contributed by atoms with Gasteiger partial charge in [0.05, 0.1) is 5.69 Å². The molecule has 7 nitrogen and oxygen atoms in total. The van der Waals surface area contributed by atoms with Gasteiger partial charge in [0.25, 0.3) is 5.91 Å². The van der Waals surface area contributed by atoms with Gasteiger partial charge in [-0.15, -0.1) is 6.58 Å². The number of pyridine rings is 1. The Balaban J connectivity index is 1.48. The summed E-state index contributed by atoms with van der Waals surface area (Å²) < 4.78 is 7.70. The number of benzene rings is 2. The van der Waals surface area contributed by atoms with Crippen LogP contribution >= 0.6 is 0 Å². The number of anilines is 1. The molecule has 0 bridgehead atoms. The standard InChI is InChI=1S/C27H27N5O2/c1-2-14-30-16-18-31(19-17-30)23-9-6-15-32-25(26(28)33)24(29-27(23)32)20-10-12-22(13-11-20)34-21-7-4-3-5-8-21/h2-13,15H,1,14,16-19H2,(H2,28,33). The van der Waals surface area contributed by atoms with Crippen molar-refractivity contribution in [3.8, 4) is 22.8 Å². The number of ether oxygens (including phenoxy) is 1. The van der Waals surface area contributed by atoms with E-state index < -0.39 is 5.91 Å². The summed E-state index contributed by atoms with van der Waals surface area (Å²) in [6.45, 7) is 8.39. The number of carbonyl (C=O) groups excluding carboxylic acids is 1. The van der Waals surface area contributed by atoms with Gasteiger partial charge >= 0.3 is 0 Å². The number of rotatable bonds is 7. The van der Waals surface area contributed by atoms with Crippen LogP contribution in [-0.4, -0.2) is 52.9 Å². The largest absolute Gasteiger partial charge is 0.457 e. The molecule has 172 valence electrons. The van der Waals surface area contributed by atoms with E-state index in [4.69, 9.17) is 15.5 Å². The van der Waals surface area contributed by atoms with E-state index in [1.807, 2.05) is 72.9 Å². The fraction of sp³-hybridized carbons (Fsp3) is 0.185. The van der Waals surface area contributed by atoms with Crippen molar-refractivity contribution in [3.05, 3.63) is 91.3 Å². The molecule has 1 saturated heterocycles. The number of nitrogens with zero attached hydrogens (tertiary/aromatic N) is 4. The molecule has 1 fully saturated rings. The normalized spacial score (nSPS) is 14.3. The predicted octanol–water partition coefficient (Wildman–Crippen LogP) is 4.20. The van der Waals surface area contributed by atoms with E-state index in [2.05, 4.69) is 22.4 Å². The van der Waals surface area contributed by atoms with Crippen LogP contribution in [-0.2, 0) is 0 Å². The van der Waals surface area contributed by atoms with Gasteiger partial charge in [-0.25, -0.2) is 4.98 Å². The molecule has 1 amide bonds. The first-order valence-corrected chi connectivity index (χ1v) is 11.4. The fourth-order valence-electron chi connectivity index (χ4n) is 4.40. The third-order valence-corrected chi connectivity index (χ3v) is 6.07. The molecular weight excluding hydrogens is 426 g/mol. The molecule has 3 heterocycles. The van der Waals surface area contributed by atoms with Crippen LogP contribution in [0.2, 0.25) is 0 Å². The number of amides is 1. The average molecular weight is 454 g/mol. The molecule has 34 heavy (non-hydrogen) atoms. The van der Waals surface area contributed by atoms with Gasteiger partial charge in [0.15, 0.2) is 5.65 Å². The number of para-hydroxylation sites is 1. The Labute approximate surface area is 198 Å². The summed E-state index contributed by atoms with van der Waals surface area (Å²) in [5.41, 5.74) is 9.29. The lowest BCUT2D eigenvalue weighted by Crippen LogP contribution is -2.46. The van der Waals surface area contributed by atoms with Crippen LogP contribution in [0.1, 0.15) is 10.5 Å². The van der Waals surface area contributed by atoms with Gasteiger partial charge in [0.1, 0.15) is 22.9 Å². The van der Waals surface area contributed by atoms with Crippen molar-refractivity contribution in [2.75, 3.05) is 37.6 Å². The van der Waals surface area contributed by atoms with Gasteiger partial charge in [-0.1, -0.05) is 24.3 Å².